The number of carbonyl (C=O) groups excluding carboxylic acids is 2. The van der Waals surface area contributed by atoms with Crippen LogP contribution in [-0.4, -0.2) is 57.0 Å². The molecule has 1 N–H and O–H groups in total. The summed E-state index contributed by atoms with van der Waals surface area (Å²) in [5.74, 6) is -0.806. The molecule has 0 aromatic heterocycles. The second kappa shape index (κ2) is 13.0. The van der Waals surface area contributed by atoms with E-state index in [4.69, 9.17) is 9.47 Å². The van der Waals surface area contributed by atoms with E-state index >= 15 is 0 Å². The number of anilines is 1. The Morgan fingerprint density at radius 3 is 2.24 bits per heavy atom. The SMILES string of the molecule is CCC(C(=O)NC(C)C)N(Cc1ccccc1)C(=O)CN(c1ccc(F)cc1)S(=O)(=O)c1ccc2c(c1)OCCO2. The van der Waals surface area contributed by atoms with Gasteiger partial charge in [-0.15, -0.1) is 0 Å². The van der Waals surface area contributed by atoms with Crippen LogP contribution in [0.3, 0.4) is 0 Å². The lowest BCUT2D eigenvalue weighted by molar-refractivity contribution is -0.140. The van der Waals surface area contributed by atoms with Gasteiger partial charge in [0, 0.05) is 18.7 Å². The first-order valence-corrected chi connectivity index (χ1v) is 14.9. The third kappa shape index (κ3) is 7.15. The Morgan fingerprint density at radius 1 is 0.951 bits per heavy atom. The molecule has 0 bridgehead atoms. The summed E-state index contributed by atoms with van der Waals surface area (Å²) in [7, 11) is -4.35. The highest BCUT2D eigenvalue weighted by molar-refractivity contribution is 7.92. The van der Waals surface area contributed by atoms with Crippen molar-refractivity contribution < 1.29 is 31.9 Å². The molecule has 1 heterocycles. The molecule has 2 amide bonds. The van der Waals surface area contributed by atoms with Crippen molar-refractivity contribution in [2.24, 2.45) is 0 Å². The van der Waals surface area contributed by atoms with Crippen molar-refractivity contribution in [1.29, 1.82) is 0 Å². The first-order valence-electron chi connectivity index (χ1n) is 13.4. The Balaban J connectivity index is 1.74. The molecule has 0 saturated heterocycles. The summed E-state index contributed by atoms with van der Waals surface area (Å²) in [6.45, 7) is 5.51. The van der Waals surface area contributed by atoms with Crippen LogP contribution in [0.15, 0.2) is 77.7 Å². The molecule has 9 nitrogen and oxygen atoms in total. The van der Waals surface area contributed by atoms with E-state index < -0.39 is 34.3 Å². The highest BCUT2D eigenvalue weighted by atomic mass is 32.2. The summed E-state index contributed by atoms with van der Waals surface area (Å²) in [6.07, 6.45) is 0.308. The molecule has 1 atom stereocenters. The van der Waals surface area contributed by atoms with Crippen molar-refractivity contribution in [3.8, 4) is 11.5 Å². The Hall–Kier alpha value is -4.12. The van der Waals surface area contributed by atoms with Crippen molar-refractivity contribution in [3.05, 3.63) is 84.2 Å². The second-order valence-electron chi connectivity index (χ2n) is 9.89. The van der Waals surface area contributed by atoms with Crippen molar-refractivity contribution >= 4 is 27.5 Å². The molecule has 218 valence electrons. The first kappa shape index (κ1) is 29.9. The highest BCUT2D eigenvalue weighted by Gasteiger charge is 2.34. The van der Waals surface area contributed by atoms with E-state index in [1.165, 1.54) is 35.2 Å². The number of ether oxygens (including phenoxy) is 2. The largest absolute Gasteiger partial charge is 0.486 e. The standard InChI is InChI=1S/C30H34FN3O6S/c1-4-26(30(36)32-21(2)3)33(19-22-8-6-5-7-9-22)29(35)20-34(24-12-10-23(31)11-13-24)41(37,38)25-14-15-27-28(18-25)40-17-16-39-27/h5-15,18,21,26H,4,16-17,19-20H2,1-3H3,(H,32,36). The maximum absolute atomic E-state index is 14.0. The van der Waals surface area contributed by atoms with Gasteiger partial charge in [-0.2, -0.15) is 0 Å². The molecule has 4 rings (SSSR count). The van der Waals surface area contributed by atoms with Crippen LogP contribution in [0.5, 0.6) is 11.5 Å². The highest BCUT2D eigenvalue weighted by Crippen LogP contribution is 2.34. The molecular weight excluding hydrogens is 549 g/mol. The predicted octanol–water partition coefficient (Wildman–Crippen LogP) is 4.12. The van der Waals surface area contributed by atoms with Crippen LogP contribution >= 0.6 is 0 Å². The van der Waals surface area contributed by atoms with Crippen LogP contribution in [0.2, 0.25) is 0 Å². The van der Waals surface area contributed by atoms with Gasteiger partial charge in [-0.3, -0.25) is 13.9 Å². The summed E-state index contributed by atoms with van der Waals surface area (Å²) in [5.41, 5.74) is 0.869. The van der Waals surface area contributed by atoms with Gasteiger partial charge >= 0.3 is 0 Å². The van der Waals surface area contributed by atoms with Crippen LogP contribution < -0.4 is 19.1 Å². The summed E-state index contributed by atoms with van der Waals surface area (Å²) in [4.78, 5) is 28.5. The summed E-state index contributed by atoms with van der Waals surface area (Å²) in [5, 5.41) is 2.86. The number of fused-ring (bicyclic) bond motifs is 1. The summed E-state index contributed by atoms with van der Waals surface area (Å²) >= 11 is 0. The van der Waals surface area contributed by atoms with Crippen molar-refractivity contribution in [3.63, 3.8) is 0 Å². The van der Waals surface area contributed by atoms with Gasteiger partial charge in [0.25, 0.3) is 10.0 Å². The monoisotopic (exact) mass is 583 g/mol. The van der Waals surface area contributed by atoms with E-state index in [1.807, 2.05) is 44.2 Å². The molecule has 0 aliphatic carbocycles. The number of nitrogens with one attached hydrogen (secondary N) is 1. The maximum Gasteiger partial charge on any atom is 0.264 e. The zero-order valence-corrected chi connectivity index (χ0v) is 24.1. The molecular formula is C30H34FN3O6S. The van der Waals surface area contributed by atoms with Crippen LogP contribution in [0.1, 0.15) is 32.8 Å². The third-order valence-electron chi connectivity index (χ3n) is 6.51. The van der Waals surface area contributed by atoms with Gasteiger partial charge in [0.2, 0.25) is 11.8 Å². The molecule has 3 aromatic rings. The van der Waals surface area contributed by atoms with E-state index in [1.54, 1.807) is 6.92 Å². The Morgan fingerprint density at radius 2 is 1.61 bits per heavy atom. The molecule has 0 saturated carbocycles. The van der Waals surface area contributed by atoms with Crippen LogP contribution in [-0.2, 0) is 26.2 Å². The third-order valence-corrected chi connectivity index (χ3v) is 8.28. The summed E-state index contributed by atoms with van der Waals surface area (Å²) < 4.78 is 53.9. The number of amides is 2. The molecule has 0 radical (unpaired) electrons. The number of halogens is 1. The number of benzene rings is 3. The van der Waals surface area contributed by atoms with Crippen molar-refractivity contribution in [2.45, 2.75) is 50.7 Å². The Bertz CT molecular complexity index is 1470. The van der Waals surface area contributed by atoms with Gasteiger partial charge < -0.3 is 19.7 Å². The molecule has 11 heteroatoms. The topological polar surface area (TPSA) is 105 Å². The van der Waals surface area contributed by atoms with Gasteiger partial charge in [-0.25, -0.2) is 12.8 Å². The predicted molar refractivity (Wildman–Crippen MR) is 153 cm³/mol. The molecule has 41 heavy (non-hydrogen) atoms. The molecule has 0 fully saturated rings. The van der Waals surface area contributed by atoms with Gasteiger partial charge in [0.1, 0.15) is 31.6 Å². The molecule has 0 spiro atoms. The zero-order valence-electron chi connectivity index (χ0n) is 23.2. The minimum atomic E-state index is -4.35. The number of sulfonamides is 1. The molecule has 3 aromatic carbocycles. The van der Waals surface area contributed by atoms with E-state index in [0.717, 1.165) is 22.0 Å². The van der Waals surface area contributed by atoms with Crippen LogP contribution in [0, 0.1) is 5.82 Å². The fourth-order valence-corrected chi connectivity index (χ4v) is 5.96. The van der Waals surface area contributed by atoms with Gasteiger partial charge in [0.05, 0.1) is 10.6 Å². The normalized spacial score (nSPS) is 13.4. The minimum Gasteiger partial charge on any atom is -0.486 e. The lowest BCUT2D eigenvalue weighted by Crippen LogP contribution is -2.53. The van der Waals surface area contributed by atoms with Crippen molar-refractivity contribution in [2.75, 3.05) is 24.1 Å². The van der Waals surface area contributed by atoms with E-state index in [0.29, 0.717) is 18.8 Å². The zero-order chi connectivity index (χ0) is 29.6. The van der Waals surface area contributed by atoms with Crippen LogP contribution in [0.25, 0.3) is 0 Å². The minimum absolute atomic E-state index is 0.0883. The molecule has 1 unspecified atom stereocenters. The number of carbonyl (C=O) groups is 2. The first-order chi connectivity index (χ1) is 19.6. The summed E-state index contributed by atoms with van der Waals surface area (Å²) in [6, 6.07) is 17.2. The number of hydrogen-bond donors (Lipinski definition) is 1. The second-order valence-corrected chi connectivity index (χ2v) is 11.8. The van der Waals surface area contributed by atoms with E-state index in [9.17, 15) is 22.4 Å². The van der Waals surface area contributed by atoms with Gasteiger partial charge in [0.15, 0.2) is 11.5 Å². The van der Waals surface area contributed by atoms with Gasteiger partial charge in [-0.1, -0.05) is 37.3 Å². The lowest BCUT2D eigenvalue weighted by atomic mass is 10.1. The smallest absolute Gasteiger partial charge is 0.264 e. The molecule has 1 aliphatic rings. The average Bonchev–Trinajstić information content (AvgIpc) is 2.96. The number of hydrogen-bond acceptors (Lipinski definition) is 6. The van der Waals surface area contributed by atoms with Gasteiger partial charge in [-0.05, 0) is 62.2 Å². The van der Waals surface area contributed by atoms with Crippen LogP contribution in [0.4, 0.5) is 10.1 Å². The fraction of sp³-hybridized carbons (Fsp3) is 0.333. The molecule has 1 aliphatic heterocycles. The lowest BCUT2D eigenvalue weighted by Gasteiger charge is -2.33. The Labute approximate surface area is 239 Å². The number of nitrogens with zero attached hydrogens (tertiary/aromatic N) is 2. The fourth-order valence-electron chi connectivity index (χ4n) is 4.53. The van der Waals surface area contributed by atoms with E-state index in [2.05, 4.69) is 5.32 Å². The maximum atomic E-state index is 14.0. The van der Waals surface area contributed by atoms with E-state index in [-0.39, 0.29) is 41.4 Å². The average molecular weight is 584 g/mol. The number of rotatable bonds is 11. The quantitative estimate of drug-likeness (QED) is 0.364. The van der Waals surface area contributed by atoms with Crippen molar-refractivity contribution in [1.82, 2.24) is 10.2 Å². The Kier molecular flexibility index (Phi) is 9.49.